The van der Waals surface area contributed by atoms with Gasteiger partial charge in [0.15, 0.2) is 0 Å². The maximum atomic E-state index is 5.94. The topological polar surface area (TPSA) is 35.2 Å². The minimum absolute atomic E-state index is 0.374. The van der Waals surface area contributed by atoms with E-state index in [1.54, 1.807) is 7.11 Å². The summed E-state index contributed by atoms with van der Waals surface area (Å²) in [4.78, 5) is 0. The summed E-state index contributed by atoms with van der Waals surface area (Å²) in [5.74, 6) is 1.33. The molecule has 0 fully saturated rings. The van der Waals surface area contributed by atoms with Crippen LogP contribution in [0.5, 0.6) is 5.75 Å². The molecule has 2 aromatic carbocycles. The normalized spacial score (nSPS) is 17.3. The van der Waals surface area contributed by atoms with E-state index in [4.69, 9.17) is 10.5 Å². The van der Waals surface area contributed by atoms with Crippen molar-refractivity contribution in [2.75, 3.05) is 13.7 Å². The lowest BCUT2D eigenvalue weighted by Gasteiger charge is -2.25. The number of nitrogens with two attached hydrogens (primary N) is 1. The number of methoxy groups -OCH3 is 1. The average Bonchev–Trinajstić information content (AvgIpc) is 2.54. The molecule has 0 saturated carbocycles. The van der Waals surface area contributed by atoms with Crippen LogP contribution in [-0.4, -0.2) is 13.7 Å². The Bertz CT molecular complexity index is 631. The van der Waals surface area contributed by atoms with Crippen molar-refractivity contribution >= 4 is 5.57 Å². The Balaban J connectivity index is 2.08. The smallest absolute Gasteiger partial charge is 0.122 e. The molecule has 20 heavy (non-hydrogen) atoms. The summed E-state index contributed by atoms with van der Waals surface area (Å²) < 4.78 is 5.52. The lowest BCUT2D eigenvalue weighted by atomic mass is 9.81. The summed E-state index contributed by atoms with van der Waals surface area (Å²) in [6.45, 7) is 0.559. The molecule has 2 nitrogen and oxygen atoms in total. The van der Waals surface area contributed by atoms with Crippen LogP contribution in [0, 0.1) is 0 Å². The number of allylic oxidation sites excluding steroid dienone is 1. The van der Waals surface area contributed by atoms with Crippen molar-refractivity contribution < 1.29 is 4.74 Å². The van der Waals surface area contributed by atoms with Crippen LogP contribution >= 0.6 is 0 Å². The number of benzene rings is 2. The third kappa shape index (κ3) is 2.23. The standard InChI is InChI=1S/C18H19NO/c1-20-18-9-5-8-16-15(12-19)10-14(11-17(16)18)13-6-3-2-4-7-13/h2-10,14H,11-12,19H2,1H3. The molecule has 2 heteroatoms. The van der Waals surface area contributed by atoms with E-state index in [-0.39, 0.29) is 0 Å². The van der Waals surface area contributed by atoms with E-state index in [9.17, 15) is 0 Å². The van der Waals surface area contributed by atoms with Crippen LogP contribution in [0.2, 0.25) is 0 Å². The van der Waals surface area contributed by atoms with Crippen LogP contribution in [0.15, 0.2) is 54.6 Å². The van der Waals surface area contributed by atoms with E-state index in [2.05, 4.69) is 42.5 Å². The fourth-order valence-corrected chi connectivity index (χ4v) is 2.97. The summed E-state index contributed by atoms with van der Waals surface area (Å²) in [6, 6.07) is 16.8. The molecule has 1 atom stereocenters. The van der Waals surface area contributed by atoms with Crippen LogP contribution in [0.25, 0.3) is 5.57 Å². The molecule has 0 radical (unpaired) electrons. The fraction of sp³-hybridized carbons (Fsp3) is 0.222. The first-order valence-corrected chi connectivity index (χ1v) is 6.95. The van der Waals surface area contributed by atoms with Gasteiger partial charge >= 0.3 is 0 Å². The average molecular weight is 265 g/mol. The second-order valence-corrected chi connectivity index (χ2v) is 5.10. The Labute approximate surface area is 119 Å². The number of rotatable bonds is 3. The number of hydrogen-bond donors (Lipinski definition) is 1. The maximum absolute atomic E-state index is 5.94. The highest BCUT2D eigenvalue weighted by atomic mass is 16.5. The first kappa shape index (κ1) is 12.9. The van der Waals surface area contributed by atoms with Gasteiger partial charge in [-0.25, -0.2) is 0 Å². The Morgan fingerprint density at radius 2 is 1.90 bits per heavy atom. The Hall–Kier alpha value is -2.06. The van der Waals surface area contributed by atoms with E-state index >= 15 is 0 Å². The van der Waals surface area contributed by atoms with Gasteiger partial charge in [0.2, 0.25) is 0 Å². The maximum Gasteiger partial charge on any atom is 0.122 e. The van der Waals surface area contributed by atoms with Crippen LogP contribution < -0.4 is 10.5 Å². The number of ether oxygens (including phenoxy) is 1. The van der Waals surface area contributed by atoms with E-state index in [1.807, 2.05) is 12.1 Å². The van der Waals surface area contributed by atoms with Crippen LogP contribution in [0.4, 0.5) is 0 Å². The van der Waals surface area contributed by atoms with Crippen molar-refractivity contribution in [3.05, 3.63) is 71.3 Å². The van der Waals surface area contributed by atoms with Gasteiger partial charge in [0, 0.05) is 18.0 Å². The van der Waals surface area contributed by atoms with Gasteiger partial charge in [0.05, 0.1) is 7.11 Å². The van der Waals surface area contributed by atoms with Gasteiger partial charge in [-0.15, -0.1) is 0 Å². The third-order valence-corrected chi connectivity index (χ3v) is 3.97. The molecule has 0 saturated heterocycles. The van der Waals surface area contributed by atoms with Crippen LogP contribution in [0.1, 0.15) is 22.6 Å². The van der Waals surface area contributed by atoms with Crippen LogP contribution in [0.3, 0.4) is 0 Å². The van der Waals surface area contributed by atoms with Crippen LogP contribution in [-0.2, 0) is 6.42 Å². The SMILES string of the molecule is COc1cccc2c1CC(c1ccccc1)C=C2CN. The Morgan fingerprint density at radius 1 is 1.10 bits per heavy atom. The molecule has 3 rings (SSSR count). The van der Waals surface area contributed by atoms with Gasteiger partial charge in [-0.2, -0.15) is 0 Å². The molecule has 2 aromatic rings. The zero-order chi connectivity index (χ0) is 13.9. The highest BCUT2D eigenvalue weighted by Gasteiger charge is 2.22. The lowest BCUT2D eigenvalue weighted by Crippen LogP contribution is -2.14. The van der Waals surface area contributed by atoms with Gasteiger partial charge in [0.1, 0.15) is 5.75 Å². The van der Waals surface area contributed by atoms with Crippen molar-refractivity contribution in [2.45, 2.75) is 12.3 Å². The molecular formula is C18H19NO. The fourth-order valence-electron chi connectivity index (χ4n) is 2.97. The predicted molar refractivity (Wildman–Crippen MR) is 82.9 cm³/mol. The Morgan fingerprint density at radius 3 is 2.60 bits per heavy atom. The Kier molecular flexibility index (Phi) is 3.57. The summed E-state index contributed by atoms with van der Waals surface area (Å²) in [5, 5.41) is 0. The van der Waals surface area contributed by atoms with E-state index in [0.717, 1.165) is 12.2 Å². The summed E-state index contributed by atoms with van der Waals surface area (Å²) in [6.07, 6.45) is 3.27. The predicted octanol–water partition coefficient (Wildman–Crippen LogP) is 3.38. The number of hydrogen-bond acceptors (Lipinski definition) is 2. The highest BCUT2D eigenvalue weighted by molar-refractivity contribution is 5.74. The van der Waals surface area contributed by atoms with Crippen molar-refractivity contribution in [1.82, 2.24) is 0 Å². The third-order valence-electron chi connectivity index (χ3n) is 3.97. The van der Waals surface area contributed by atoms with Gasteiger partial charge in [-0.1, -0.05) is 48.5 Å². The molecule has 1 aliphatic rings. The lowest BCUT2D eigenvalue weighted by molar-refractivity contribution is 0.408. The molecule has 0 aromatic heterocycles. The quantitative estimate of drug-likeness (QED) is 0.923. The molecule has 0 bridgehead atoms. The monoisotopic (exact) mass is 265 g/mol. The van der Waals surface area contributed by atoms with Crippen molar-refractivity contribution in [3.8, 4) is 5.75 Å². The zero-order valence-corrected chi connectivity index (χ0v) is 11.7. The molecule has 0 spiro atoms. The minimum Gasteiger partial charge on any atom is -0.496 e. The van der Waals surface area contributed by atoms with E-state index in [1.165, 1.54) is 22.3 Å². The molecule has 0 aliphatic heterocycles. The minimum atomic E-state index is 0.374. The molecule has 1 aliphatic carbocycles. The van der Waals surface area contributed by atoms with Crippen molar-refractivity contribution in [2.24, 2.45) is 5.73 Å². The van der Waals surface area contributed by atoms with E-state index < -0.39 is 0 Å². The van der Waals surface area contributed by atoms with Gasteiger partial charge in [-0.3, -0.25) is 0 Å². The largest absolute Gasteiger partial charge is 0.496 e. The molecule has 0 heterocycles. The molecule has 1 unspecified atom stereocenters. The van der Waals surface area contributed by atoms with Gasteiger partial charge in [0.25, 0.3) is 0 Å². The second kappa shape index (κ2) is 5.51. The van der Waals surface area contributed by atoms with Gasteiger partial charge in [-0.05, 0) is 29.2 Å². The zero-order valence-electron chi connectivity index (χ0n) is 11.7. The summed E-state index contributed by atoms with van der Waals surface area (Å²) >= 11 is 0. The van der Waals surface area contributed by atoms with Crippen molar-refractivity contribution in [1.29, 1.82) is 0 Å². The molecular weight excluding hydrogens is 246 g/mol. The summed E-state index contributed by atoms with van der Waals surface area (Å²) in [5.41, 5.74) is 11.0. The number of fused-ring (bicyclic) bond motifs is 1. The van der Waals surface area contributed by atoms with Crippen molar-refractivity contribution in [3.63, 3.8) is 0 Å². The second-order valence-electron chi connectivity index (χ2n) is 5.10. The first-order valence-electron chi connectivity index (χ1n) is 6.95. The highest BCUT2D eigenvalue weighted by Crippen LogP contribution is 2.38. The first-order chi connectivity index (χ1) is 9.83. The van der Waals surface area contributed by atoms with E-state index in [0.29, 0.717) is 12.5 Å². The molecule has 102 valence electrons. The summed E-state index contributed by atoms with van der Waals surface area (Å²) in [7, 11) is 1.73. The molecule has 0 amide bonds. The molecule has 2 N–H and O–H groups in total. The van der Waals surface area contributed by atoms with Gasteiger partial charge < -0.3 is 10.5 Å².